The summed E-state index contributed by atoms with van der Waals surface area (Å²) in [4.78, 5) is 36.6. The summed E-state index contributed by atoms with van der Waals surface area (Å²) in [7, 11) is 1.71. The Morgan fingerprint density at radius 2 is 1.90 bits per heavy atom. The molecular formula is C22H27ClN5O2+. The second kappa shape index (κ2) is 7.69. The maximum atomic E-state index is 13.5. The lowest BCUT2D eigenvalue weighted by atomic mass is 9.94. The first-order valence-electron chi connectivity index (χ1n) is 10.9. The number of aliphatic imine (C=N–C) groups is 1. The summed E-state index contributed by atoms with van der Waals surface area (Å²) in [5.41, 5.74) is 0.763. The molecule has 3 heterocycles. The summed E-state index contributed by atoms with van der Waals surface area (Å²) in [6, 6.07) is 6.94. The molecule has 0 bridgehead atoms. The number of rotatable bonds is 3. The van der Waals surface area contributed by atoms with Crippen LogP contribution in [-0.2, 0) is 11.3 Å². The third kappa shape index (κ3) is 3.11. The molecule has 4 aliphatic rings. The molecule has 1 aromatic carbocycles. The van der Waals surface area contributed by atoms with Gasteiger partial charge in [-0.3, -0.25) is 19.5 Å². The van der Waals surface area contributed by atoms with E-state index in [9.17, 15) is 9.59 Å². The number of nitrogens with zero attached hydrogens (tertiary/aromatic N) is 5. The molecule has 2 fully saturated rings. The standard InChI is InChI=1S/C22H27ClN5O2/c1-25-19-18(20(29)28(22(25)30)14-15-8-5-6-11-17(15)23)27-13-7-12-26(21(27)24-19)16-9-3-2-4-10-16/h5-6,8,11,16,18H,2-4,7,9-10,12-14H2,1H3/q+1. The number of amidine groups is 1. The fourth-order valence-electron chi connectivity index (χ4n) is 5.16. The molecule has 5 rings (SSSR count). The molecule has 1 saturated carbocycles. The van der Waals surface area contributed by atoms with Gasteiger partial charge in [-0.15, -0.1) is 0 Å². The summed E-state index contributed by atoms with van der Waals surface area (Å²) < 4.78 is 2.11. The molecule has 1 aliphatic carbocycles. The van der Waals surface area contributed by atoms with Crippen molar-refractivity contribution in [1.82, 2.24) is 14.7 Å². The lowest BCUT2D eigenvalue weighted by Crippen LogP contribution is -2.63. The van der Waals surface area contributed by atoms with Crippen LogP contribution in [0.5, 0.6) is 0 Å². The van der Waals surface area contributed by atoms with Crippen molar-refractivity contribution in [3.8, 4) is 0 Å². The van der Waals surface area contributed by atoms with Gasteiger partial charge in [-0.2, -0.15) is 0 Å². The number of hydrogen-bond acceptors (Lipinski definition) is 4. The molecule has 0 N–H and O–H groups in total. The Morgan fingerprint density at radius 1 is 1.13 bits per heavy atom. The van der Waals surface area contributed by atoms with Crippen molar-refractivity contribution in [3.63, 3.8) is 0 Å². The second-order valence-corrected chi connectivity index (χ2v) is 8.97. The van der Waals surface area contributed by atoms with Crippen molar-refractivity contribution in [1.29, 1.82) is 0 Å². The summed E-state index contributed by atoms with van der Waals surface area (Å²) >= 11 is 6.29. The second-order valence-electron chi connectivity index (χ2n) is 8.56. The van der Waals surface area contributed by atoms with Crippen LogP contribution >= 0.6 is 11.6 Å². The number of benzene rings is 1. The zero-order valence-corrected chi connectivity index (χ0v) is 18.0. The molecule has 1 aromatic rings. The highest BCUT2D eigenvalue weighted by molar-refractivity contribution is 6.31. The van der Waals surface area contributed by atoms with Crippen LogP contribution < -0.4 is 0 Å². The van der Waals surface area contributed by atoms with E-state index in [0.717, 1.165) is 31.0 Å². The van der Waals surface area contributed by atoms with E-state index in [2.05, 4.69) is 9.48 Å². The number of imide groups is 1. The minimum atomic E-state index is -0.531. The Balaban J connectivity index is 1.47. The molecule has 30 heavy (non-hydrogen) atoms. The van der Waals surface area contributed by atoms with E-state index in [1.54, 1.807) is 13.1 Å². The van der Waals surface area contributed by atoms with Gasteiger partial charge in [0.15, 0.2) is 0 Å². The number of carbonyl (C=O) groups is 2. The Hall–Kier alpha value is -2.41. The highest BCUT2D eigenvalue weighted by atomic mass is 35.5. The van der Waals surface area contributed by atoms with Gasteiger partial charge in [0.25, 0.3) is 5.91 Å². The first-order chi connectivity index (χ1) is 14.6. The number of guanidine groups is 1. The predicted octanol–water partition coefficient (Wildman–Crippen LogP) is 2.92. The molecule has 0 radical (unpaired) electrons. The Kier molecular flexibility index (Phi) is 5.01. The number of likely N-dealkylation sites (N-methyl/N-ethyl adjacent to an activating group) is 1. The zero-order chi connectivity index (χ0) is 20.8. The number of urea groups is 1. The lowest BCUT2D eigenvalue weighted by molar-refractivity contribution is -0.546. The van der Waals surface area contributed by atoms with Gasteiger partial charge in [0.1, 0.15) is 0 Å². The van der Waals surface area contributed by atoms with Gasteiger partial charge in [-0.1, -0.05) is 54.1 Å². The molecule has 1 saturated heterocycles. The molecule has 3 aliphatic heterocycles. The van der Waals surface area contributed by atoms with E-state index in [0.29, 0.717) is 16.9 Å². The largest absolute Gasteiger partial charge is 0.392 e. The summed E-state index contributed by atoms with van der Waals surface area (Å²) in [6.45, 7) is 1.92. The SMILES string of the molecule is CN1C(=O)N(Cc2ccccc2Cl)C(=O)C2C1=NC1=[N+]2CCCN1C1CCCCC1. The van der Waals surface area contributed by atoms with Gasteiger partial charge >= 0.3 is 12.0 Å². The molecule has 158 valence electrons. The molecule has 8 heteroatoms. The number of halogens is 1. The van der Waals surface area contributed by atoms with Crippen LogP contribution in [0.2, 0.25) is 5.02 Å². The van der Waals surface area contributed by atoms with Crippen LogP contribution in [-0.4, -0.2) is 75.2 Å². The van der Waals surface area contributed by atoms with Crippen LogP contribution in [0.4, 0.5) is 4.79 Å². The molecule has 1 unspecified atom stereocenters. The molecule has 7 nitrogen and oxygen atoms in total. The minimum absolute atomic E-state index is 0.168. The highest BCUT2D eigenvalue weighted by Crippen LogP contribution is 2.29. The van der Waals surface area contributed by atoms with E-state index in [1.807, 2.05) is 18.2 Å². The number of fused-ring (bicyclic) bond motifs is 2. The van der Waals surface area contributed by atoms with Gasteiger partial charge in [0, 0.05) is 18.5 Å². The summed E-state index contributed by atoms with van der Waals surface area (Å²) in [5.74, 6) is 1.22. The van der Waals surface area contributed by atoms with Crippen molar-refractivity contribution in [2.45, 2.75) is 57.2 Å². The van der Waals surface area contributed by atoms with Crippen molar-refractivity contribution in [3.05, 3.63) is 34.9 Å². The van der Waals surface area contributed by atoms with Gasteiger partial charge in [0.2, 0.25) is 11.9 Å². The highest BCUT2D eigenvalue weighted by Gasteiger charge is 2.54. The lowest BCUT2D eigenvalue weighted by Gasteiger charge is -2.36. The van der Waals surface area contributed by atoms with Gasteiger partial charge in [-0.05, 0) is 24.5 Å². The van der Waals surface area contributed by atoms with Crippen LogP contribution in [0, 0.1) is 0 Å². The topological polar surface area (TPSA) is 59.2 Å². The average Bonchev–Trinajstić information content (AvgIpc) is 3.17. The Morgan fingerprint density at radius 3 is 2.67 bits per heavy atom. The first-order valence-corrected chi connectivity index (χ1v) is 11.3. The molecule has 1 atom stereocenters. The fourth-order valence-corrected chi connectivity index (χ4v) is 5.35. The monoisotopic (exact) mass is 428 g/mol. The molecule has 3 amide bonds. The predicted molar refractivity (Wildman–Crippen MR) is 115 cm³/mol. The van der Waals surface area contributed by atoms with Gasteiger partial charge < -0.3 is 0 Å². The number of carbonyl (C=O) groups excluding carboxylic acids is 2. The Labute approximate surface area is 181 Å². The molecular weight excluding hydrogens is 402 g/mol. The summed E-state index contributed by atoms with van der Waals surface area (Å²) in [5, 5.41) is 0.556. The van der Waals surface area contributed by atoms with E-state index < -0.39 is 6.04 Å². The average molecular weight is 429 g/mol. The van der Waals surface area contributed by atoms with E-state index in [-0.39, 0.29) is 18.5 Å². The fraction of sp³-hybridized carbons (Fsp3) is 0.545. The maximum Gasteiger partial charge on any atom is 0.392 e. The third-order valence-corrected chi connectivity index (χ3v) is 7.11. The van der Waals surface area contributed by atoms with Crippen molar-refractivity contribution < 1.29 is 14.2 Å². The van der Waals surface area contributed by atoms with E-state index >= 15 is 0 Å². The van der Waals surface area contributed by atoms with Crippen LogP contribution in [0.1, 0.15) is 44.1 Å². The maximum absolute atomic E-state index is 13.5. The number of hydrogen-bond donors (Lipinski definition) is 0. The Bertz CT molecular complexity index is 953. The number of amides is 3. The van der Waals surface area contributed by atoms with Crippen LogP contribution in [0.15, 0.2) is 29.3 Å². The quantitative estimate of drug-likeness (QED) is 0.695. The molecule has 0 aromatic heterocycles. The zero-order valence-electron chi connectivity index (χ0n) is 17.3. The van der Waals surface area contributed by atoms with Gasteiger partial charge in [0.05, 0.1) is 25.7 Å². The third-order valence-electron chi connectivity index (χ3n) is 6.75. The van der Waals surface area contributed by atoms with Crippen LogP contribution in [0.3, 0.4) is 0 Å². The first kappa shape index (κ1) is 19.5. The van der Waals surface area contributed by atoms with Crippen molar-refractivity contribution in [2.75, 3.05) is 20.1 Å². The van der Waals surface area contributed by atoms with Crippen LogP contribution in [0.25, 0.3) is 0 Å². The minimum Gasteiger partial charge on any atom is -0.270 e. The molecule has 0 spiro atoms. The van der Waals surface area contributed by atoms with Crippen molar-refractivity contribution in [2.24, 2.45) is 4.99 Å². The van der Waals surface area contributed by atoms with E-state index in [4.69, 9.17) is 16.6 Å². The smallest absolute Gasteiger partial charge is 0.270 e. The van der Waals surface area contributed by atoms with E-state index in [1.165, 1.54) is 41.9 Å². The normalized spacial score (nSPS) is 24.9. The van der Waals surface area contributed by atoms with Gasteiger partial charge in [-0.25, -0.2) is 9.37 Å². The summed E-state index contributed by atoms with van der Waals surface area (Å²) in [6.07, 6.45) is 7.14. The van der Waals surface area contributed by atoms with Crippen molar-refractivity contribution >= 4 is 35.3 Å².